The zero-order valence-electron chi connectivity index (χ0n) is 29.8. The molecule has 3 N–H and O–H groups in total. The van der Waals surface area contributed by atoms with Gasteiger partial charge in [0.2, 0.25) is 5.91 Å². The molecule has 7 heteroatoms. The molecule has 0 aromatic carbocycles. The molecule has 2 unspecified atom stereocenters. The van der Waals surface area contributed by atoms with Crippen LogP contribution in [0, 0.1) is 0 Å². The number of aliphatic hydroxyl groups excluding tert-OH is 1. The van der Waals surface area contributed by atoms with E-state index in [2.05, 4.69) is 19.2 Å². The molecule has 6 nitrogen and oxygen atoms in total. The van der Waals surface area contributed by atoms with E-state index in [9.17, 15) is 22.9 Å². The Morgan fingerprint density at radius 3 is 1.27 bits per heavy atom. The van der Waals surface area contributed by atoms with E-state index in [0.717, 1.165) is 38.5 Å². The van der Waals surface area contributed by atoms with Gasteiger partial charge in [0.1, 0.15) is 0 Å². The van der Waals surface area contributed by atoms with E-state index in [1.807, 2.05) is 6.08 Å². The summed E-state index contributed by atoms with van der Waals surface area (Å²) in [7, 11) is -4.33. The van der Waals surface area contributed by atoms with E-state index < -0.39 is 28.0 Å². The summed E-state index contributed by atoms with van der Waals surface area (Å²) >= 11 is 0. The minimum Gasteiger partial charge on any atom is -0.387 e. The molecule has 0 rings (SSSR count). The van der Waals surface area contributed by atoms with Gasteiger partial charge >= 0.3 is 0 Å². The molecule has 0 radical (unpaired) electrons. The summed E-state index contributed by atoms with van der Waals surface area (Å²) in [6, 6.07) is -1.05. The van der Waals surface area contributed by atoms with Crippen LogP contribution < -0.4 is 5.32 Å². The molecule has 0 saturated carbocycles. The lowest BCUT2D eigenvalue weighted by Crippen LogP contribution is -2.46. The molecule has 0 saturated heterocycles. The van der Waals surface area contributed by atoms with Crippen molar-refractivity contribution in [2.24, 2.45) is 0 Å². The van der Waals surface area contributed by atoms with Crippen LogP contribution in [0.15, 0.2) is 12.2 Å². The second kappa shape index (κ2) is 33.0. The Bertz CT molecular complexity index is 770. The number of carbonyl (C=O) groups excluding carboxylic acids is 1. The number of allylic oxidation sites excluding steroid dienone is 1. The lowest BCUT2D eigenvalue weighted by atomic mass is 10.0. The summed E-state index contributed by atoms with van der Waals surface area (Å²) in [6.07, 6.45) is 39.4. The van der Waals surface area contributed by atoms with Crippen molar-refractivity contribution in [3.63, 3.8) is 0 Å². The largest absolute Gasteiger partial charge is 0.387 e. The topological polar surface area (TPSA) is 104 Å². The number of hydrogen-bond donors (Lipinski definition) is 3. The Morgan fingerprint density at radius 2 is 0.911 bits per heavy atom. The van der Waals surface area contributed by atoms with Crippen LogP contribution in [-0.4, -0.2) is 41.9 Å². The van der Waals surface area contributed by atoms with Crippen molar-refractivity contribution < 1.29 is 22.9 Å². The second-order valence-corrected chi connectivity index (χ2v) is 15.1. The first-order valence-electron chi connectivity index (χ1n) is 19.4. The summed E-state index contributed by atoms with van der Waals surface area (Å²) in [6.45, 7) is 4.47. The van der Waals surface area contributed by atoms with Crippen molar-refractivity contribution >= 4 is 16.0 Å². The zero-order valence-corrected chi connectivity index (χ0v) is 30.6. The number of unbranched alkanes of at least 4 members (excludes halogenated alkanes) is 27. The van der Waals surface area contributed by atoms with Crippen molar-refractivity contribution in [3.05, 3.63) is 12.2 Å². The van der Waals surface area contributed by atoms with Crippen molar-refractivity contribution in [2.75, 3.05) is 5.75 Å². The highest BCUT2D eigenvalue weighted by Crippen LogP contribution is 2.16. The van der Waals surface area contributed by atoms with Gasteiger partial charge in [-0.2, -0.15) is 8.42 Å². The Morgan fingerprint density at radius 1 is 0.578 bits per heavy atom. The minimum absolute atomic E-state index is 0.278. The van der Waals surface area contributed by atoms with Crippen LogP contribution in [0.3, 0.4) is 0 Å². The van der Waals surface area contributed by atoms with Gasteiger partial charge in [-0.05, 0) is 19.3 Å². The molecule has 0 bridgehead atoms. The SMILES string of the molecule is CCCCCCCC/C=C/C(O)C(CS(=O)(=O)O)NC(=O)CCCCCCCCCCCCCCCCCCCCCCCC. The molecule has 45 heavy (non-hydrogen) atoms. The van der Waals surface area contributed by atoms with E-state index in [1.54, 1.807) is 6.08 Å². The molecular formula is C38H75NO5S. The molecule has 0 spiro atoms. The molecule has 0 aliphatic carbocycles. The first-order valence-corrected chi connectivity index (χ1v) is 21.0. The molecule has 0 heterocycles. The minimum atomic E-state index is -4.33. The maximum atomic E-state index is 12.4. The van der Waals surface area contributed by atoms with Gasteiger partial charge in [0.25, 0.3) is 10.1 Å². The molecule has 0 fully saturated rings. The van der Waals surface area contributed by atoms with Crippen LogP contribution in [0.1, 0.15) is 206 Å². The van der Waals surface area contributed by atoms with Crippen LogP contribution in [0.4, 0.5) is 0 Å². The molecule has 2 atom stereocenters. The number of amides is 1. The highest BCUT2D eigenvalue weighted by atomic mass is 32.2. The summed E-state index contributed by atoms with van der Waals surface area (Å²) in [5, 5.41) is 13.1. The van der Waals surface area contributed by atoms with Gasteiger partial charge in [-0.25, -0.2) is 0 Å². The summed E-state index contributed by atoms with van der Waals surface area (Å²) in [4.78, 5) is 12.4. The highest BCUT2D eigenvalue weighted by Gasteiger charge is 2.24. The summed E-state index contributed by atoms with van der Waals surface area (Å²) in [5.41, 5.74) is 0. The molecule has 0 aromatic rings. The van der Waals surface area contributed by atoms with Crippen LogP contribution in [-0.2, 0) is 14.9 Å². The van der Waals surface area contributed by atoms with Crippen molar-refractivity contribution in [2.45, 2.75) is 219 Å². The van der Waals surface area contributed by atoms with E-state index >= 15 is 0 Å². The van der Waals surface area contributed by atoms with Gasteiger partial charge in [-0.3, -0.25) is 9.35 Å². The predicted octanol–water partition coefficient (Wildman–Crippen LogP) is 11.0. The van der Waals surface area contributed by atoms with Crippen LogP contribution in [0.2, 0.25) is 0 Å². The summed E-state index contributed by atoms with van der Waals surface area (Å²) < 4.78 is 32.2. The quantitative estimate of drug-likeness (QED) is 0.0357. The van der Waals surface area contributed by atoms with Gasteiger partial charge in [0.15, 0.2) is 0 Å². The number of aliphatic hydroxyl groups is 1. The fourth-order valence-corrected chi connectivity index (χ4v) is 6.77. The monoisotopic (exact) mass is 658 g/mol. The van der Waals surface area contributed by atoms with Gasteiger partial charge in [-0.15, -0.1) is 0 Å². The van der Waals surface area contributed by atoms with Crippen molar-refractivity contribution in [1.82, 2.24) is 5.32 Å². The molecule has 0 aliphatic rings. The first-order chi connectivity index (χ1) is 21.8. The number of hydrogen-bond acceptors (Lipinski definition) is 4. The molecule has 1 amide bonds. The van der Waals surface area contributed by atoms with E-state index in [0.29, 0.717) is 6.42 Å². The maximum absolute atomic E-state index is 12.4. The molecule has 268 valence electrons. The number of rotatable bonds is 35. The van der Waals surface area contributed by atoms with E-state index in [-0.39, 0.29) is 5.91 Å². The van der Waals surface area contributed by atoms with Crippen LogP contribution >= 0.6 is 0 Å². The first kappa shape index (κ1) is 44.1. The fourth-order valence-electron chi connectivity index (χ4n) is 6.04. The smallest absolute Gasteiger partial charge is 0.267 e. The Kier molecular flexibility index (Phi) is 32.3. The standard InChI is InChI=1S/C38H75NO5S/c1-3-5-7-9-11-13-14-15-16-17-18-19-20-21-22-23-24-25-26-28-30-32-34-38(41)39-36(35-45(42,43)44)37(40)33-31-29-27-12-10-8-6-4-2/h31,33,36-37,40H,3-30,32,34-35H2,1-2H3,(H,39,41)(H,42,43,44)/b33-31+. The van der Waals surface area contributed by atoms with Crippen molar-refractivity contribution in [3.8, 4) is 0 Å². The Hall–Kier alpha value is -0.920. The van der Waals surface area contributed by atoms with Crippen LogP contribution in [0.5, 0.6) is 0 Å². The lowest BCUT2D eigenvalue weighted by Gasteiger charge is -2.21. The predicted molar refractivity (Wildman–Crippen MR) is 193 cm³/mol. The van der Waals surface area contributed by atoms with Gasteiger partial charge < -0.3 is 10.4 Å². The third-order valence-corrected chi connectivity index (χ3v) is 9.74. The second-order valence-electron chi connectivity index (χ2n) is 13.6. The van der Waals surface area contributed by atoms with Crippen molar-refractivity contribution in [1.29, 1.82) is 0 Å². The zero-order chi connectivity index (χ0) is 33.3. The van der Waals surface area contributed by atoms with E-state index in [4.69, 9.17) is 0 Å². The molecular weight excluding hydrogens is 582 g/mol. The Balaban J connectivity index is 3.74. The lowest BCUT2D eigenvalue weighted by molar-refractivity contribution is -0.122. The molecule has 0 aromatic heterocycles. The van der Waals surface area contributed by atoms with Gasteiger partial charge in [0, 0.05) is 6.42 Å². The maximum Gasteiger partial charge on any atom is 0.267 e. The Labute approximate surface area is 280 Å². The summed E-state index contributed by atoms with van der Waals surface area (Å²) in [5.74, 6) is -0.971. The average Bonchev–Trinajstić information content (AvgIpc) is 3.00. The number of nitrogens with one attached hydrogen (secondary N) is 1. The third kappa shape index (κ3) is 34.2. The average molecular weight is 658 g/mol. The van der Waals surface area contributed by atoms with E-state index in [1.165, 1.54) is 148 Å². The van der Waals surface area contributed by atoms with Gasteiger partial charge in [0.05, 0.1) is 17.9 Å². The van der Waals surface area contributed by atoms with Crippen LogP contribution in [0.25, 0.3) is 0 Å². The number of carbonyl (C=O) groups is 1. The fraction of sp³-hybridized carbons (Fsp3) is 0.921. The molecule has 0 aliphatic heterocycles. The highest BCUT2D eigenvalue weighted by molar-refractivity contribution is 7.85. The normalized spacial score (nSPS) is 13.4. The third-order valence-electron chi connectivity index (χ3n) is 8.96. The van der Waals surface area contributed by atoms with Gasteiger partial charge in [-0.1, -0.05) is 193 Å².